The number of carbonyl (C=O) groups is 1. The fourth-order valence-electron chi connectivity index (χ4n) is 0.939. The van der Waals surface area contributed by atoms with E-state index >= 15 is 0 Å². The van der Waals surface area contributed by atoms with Crippen molar-refractivity contribution in [3.8, 4) is 0 Å². The minimum Gasteiger partial charge on any atom is -0.696 e. The molecule has 0 N–H and O–H groups in total. The minimum absolute atomic E-state index is 0.0564. The van der Waals surface area contributed by atoms with Crippen molar-refractivity contribution in [3.63, 3.8) is 0 Å². The van der Waals surface area contributed by atoms with Crippen LogP contribution in [-0.2, 0) is 9.45 Å². The van der Waals surface area contributed by atoms with Gasteiger partial charge in [-0.2, -0.15) is 0 Å². The first-order chi connectivity index (χ1) is 5.26. The maximum atomic E-state index is 11.1. The summed E-state index contributed by atoms with van der Waals surface area (Å²) in [5.41, 5.74) is 0. The van der Waals surface area contributed by atoms with Crippen molar-refractivity contribution in [1.82, 2.24) is 0 Å². The highest BCUT2D eigenvalue weighted by atomic mass is 16.5. The van der Waals surface area contributed by atoms with Crippen LogP contribution < -0.4 is 0 Å². The molecular weight excluding hydrogens is 139 g/mol. The molecule has 2 nitrogen and oxygen atoms in total. The monoisotopic (exact) mass is 157 g/mol. The number of hydrogen-bond acceptors (Lipinski definition) is 2. The fraction of sp³-hybridized carbons (Fsp3) is 0.875. The predicted molar refractivity (Wildman–Crippen MR) is 49.3 cm³/mol. The molecule has 0 spiro atoms. The van der Waals surface area contributed by atoms with E-state index in [9.17, 15) is 4.79 Å². The quantitative estimate of drug-likeness (QED) is 0.557. The molecule has 0 amide bonds. The Hall–Kier alpha value is -0.465. The molecular formula is C8H18BO2-. The molecule has 0 rings (SSSR count). The van der Waals surface area contributed by atoms with Crippen molar-refractivity contribution in [2.45, 2.75) is 39.5 Å². The Labute approximate surface area is 69.8 Å². The van der Waals surface area contributed by atoms with Crippen molar-refractivity contribution in [2.75, 3.05) is 0 Å². The summed E-state index contributed by atoms with van der Waals surface area (Å²) in [6, 6.07) is 0. The first-order valence-electron chi connectivity index (χ1n) is 3.93. The fourth-order valence-corrected chi connectivity index (χ4v) is 0.939. The van der Waals surface area contributed by atoms with Gasteiger partial charge >= 0.3 is 0 Å². The molecule has 1 atom stereocenters. The Bertz CT molecular complexity index is 115. The summed E-state index contributed by atoms with van der Waals surface area (Å²) < 4.78 is 4.91. The van der Waals surface area contributed by atoms with E-state index in [2.05, 4.69) is 13.8 Å². The van der Waals surface area contributed by atoms with E-state index in [1.807, 2.05) is 0 Å². The molecule has 0 aromatic carbocycles. The molecule has 0 aromatic rings. The van der Waals surface area contributed by atoms with Gasteiger partial charge in [-0.15, -0.1) is 0 Å². The maximum absolute atomic E-state index is 11.1. The van der Waals surface area contributed by atoms with E-state index in [-0.39, 0.29) is 19.9 Å². The van der Waals surface area contributed by atoms with Gasteiger partial charge in [0.15, 0.2) is 0 Å². The summed E-state index contributed by atoms with van der Waals surface area (Å²) in [5, 5.41) is 0. The first-order valence-corrected chi connectivity index (χ1v) is 3.93. The highest BCUT2D eigenvalue weighted by molar-refractivity contribution is 6.05. The van der Waals surface area contributed by atoms with E-state index in [4.69, 9.17) is 4.65 Å². The van der Waals surface area contributed by atoms with Crippen molar-refractivity contribution in [3.05, 3.63) is 0 Å². The predicted octanol–water partition coefficient (Wildman–Crippen LogP) is 1.03. The van der Waals surface area contributed by atoms with Gasteiger partial charge in [-0.05, 0) is 12.8 Å². The second-order valence-electron chi connectivity index (χ2n) is 2.57. The van der Waals surface area contributed by atoms with E-state index in [0.717, 1.165) is 19.3 Å². The van der Waals surface area contributed by atoms with Crippen LogP contribution >= 0.6 is 0 Å². The number of hydrogen-bond donors (Lipinski definition) is 0. The topological polar surface area (TPSA) is 26.3 Å². The summed E-state index contributed by atoms with van der Waals surface area (Å²) in [7, 11) is -0.202. The van der Waals surface area contributed by atoms with Gasteiger partial charge < -0.3 is 4.65 Å². The normalized spacial score (nSPS) is 12.6. The molecule has 0 aliphatic carbocycles. The zero-order valence-corrected chi connectivity index (χ0v) is 6.72. The van der Waals surface area contributed by atoms with Gasteiger partial charge in [-0.25, -0.2) is 0 Å². The zero-order chi connectivity index (χ0) is 8.69. The SMILES string of the molecule is [BH3-]OC(=O)C(CC)CCCC. The van der Waals surface area contributed by atoms with Crippen LogP contribution in [0.25, 0.3) is 0 Å². The Morgan fingerprint density at radius 2 is 2.18 bits per heavy atom. The van der Waals surface area contributed by atoms with E-state index in [1.165, 1.54) is 6.42 Å². The van der Waals surface area contributed by atoms with Crippen LogP contribution in [0.3, 0.4) is 0 Å². The van der Waals surface area contributed by atoms with Crippen LogP contribution in [0.2, 0.25) is 0 Å². The maximum Gasteiger partial charge on any atom is 0.260 e. The third-order valence-electron chi connectivity index (χ3n) is 1.73. The van der Waals surface area contributed by atoms with Crippen LogP contribution in [0.4, 0.5) is 0 Å². The molecule has 0 heterocycles. The lowest BCUT2D eigenvalue weighted by atomic mass is 9.99. The summed E-state index contributed by atoms with van der Waals surface area (Å²) in [5.74, 6) is 0.244. The van der Waals surface area contributed by atoms with Crippen molar-refractivity contribution in [1.29, 1.82) is 0 Å². The van der Waals surface area contributed by atoms with Gasteiger partial charge in [-0.3, -0.25) is 4.79 Å². The van der Waals surface area contributed by atoms with Crippen LogP contribution in [0.1, 0.15) is 39.5 Å². The molecule has 0 saturated heterocycles. The third kappa shape index (κ3) is 4.07. The van der Waals surface area contributed by atoms with Crippen molar-refractivity contribution in [2.24, 2.45) is 5.92 Å². The lowest BCUT2D eigenvalue weighted by Gasteiger charge is -2.14. The molecule has 11 heavy (non-hydrogen) atoms. The highest BCUT2D eigenvalue weighted by Crippen LogP contribution is 2.13. The van der Waals surface area contributed by atoms with Crippen molar-refractivity contribution >= 4 is 14.0 Å². The summed E-state index contributed by atoms with van der Waals surface area (Å²) in [6.07, 6.45) is 4.26. The van der Waals surface area contributed by atoms with Gasteiger partial charge in [0.2, 0.25) is 0 Å². The Kier molecular flexibility index (Phi) is 5.99. The molecule has 0 aliphatic rings. The highest BCUT2D eigenvalue weighted by Gasteiger charge is 2.12. The summed E-state index contributed by atoms with van der Waals surface area (Å²) in [4.78, 5) is 11.1. The second kappa shape index (κ2) is 6.26. The van der Waals surface area contributed by atoms with E-state index < -0.39 is 0 Å². The summed E-state index contributed by atoms with van der Waals surface area (Å²) in [6.45, 7) is 4.20. The van der Waals surface area contributed by atoms with Crippen LogP contribution in [0.15, 0.2) is 0 Å². The number of unbranched alkanes of at least 4 members (excludes halogenated alkanes) is 1. The minimum atomic E-state index is -0.202. The smallest absolute Gasteiger partial charge is 0.260 e. The van der Waals surface area contributed by atoms with E-state index in [0.29, 0.717) is 0 Å². The molecule has 0 radical (unpaired) electrons. The second-order valence-corrected chi connectivity index (χ2v) is 2.57. The van der Waals surface area contributed by atoms with Gasteiger partial charge in [0.25, 0.3) is 5.97 Å². The molecule has 3 heteroatoms. The zero-order valence-electron chi connectivity index (χ0n) is 6.72. The van der Waals surface area contributed by atoms with Crippen molar-refractivity contribution < 1.29 is 9.45 Å². The summed E-state index contributed by atoms with van der Waals surface area (Å²) >= 11 is 0. The van der Waals surface area contributed by atoms with Gasteiger partial charge in [-0.1, -0.05) is 26.7 Å². The molecule has 0 bridgehead atoms. The van der Waals surface area contributed by atoms with E-state index in [1.54, 1.807) is 0 Å². The van der Waals surface area contributed by atoms with Gasteiger partial charge in [0, 0.05) is 0 Å². The number of carbonyl (C=O) groups excluding carboxylic acids is 1. The number of rotatable bonds is 5. The average Bonchev–Trinajstić information content (AvgIpc) is 2.05. The first kappa shape index (κ1) is 10.5. The third-order valence-corrected chi connectivity index (χ3v) is 1.73. The molecule has 0 fully saturated rings. The Morgan fingerprint density at radius 1 is 1.55 bits per heavy atom. The Balaban J connectivity index is 3.65. The van der Waals surface area contributed by atoms with Crippen LogP contribution in [0.5, 0.6) is 0 Å². The van der Waals surface area contributed by atoms with Crippen LogP contribution in [0, 0.1) is 5.92 Å². The Morgan fingerprint density at radius 3 is 2.55 bits per heavy atom. The average molecular weight is 157 g/mol. The molecule has 1 unspecified atom stereocenters. The lowest BCUT2D eigenvalue weighted by Crippen LogP contribution is -2.15. The lowest BCUT2D eigenvalue weighted by molar-refractivity contribution is -0.138. The molecule has 0 saturated carbocycles. The van der Waals surface area contributed by atoms with Gasteiger partial charge in [0.05, 0.1) is 5.92 Å². The largest absolute Gasteiger partial charge is 0.696 e. The standard InChI is InChI=1S/C8H18BO2/c1-3-5-6-7(4-2)8(10)11-9/h7H,3-6H2,1-2,9H3/q-1. The van der Waals surface area contributed by atoms with Gasteiger partial charge in [0.1, 0.15) is 8.05 Å². The molecule has 0 aromatic heterocycles. The molecule has 66 valence electrons. The molecule has 0 aliphatic heterocycles. The van der Waals surface area contributed by atoms with Crippen LogP contribution in [-0.4, -0.2) is 14.0 Å².